The number of hydrogen-bond donors (Lipinski definition) is 2. The van der Waals surface area contributed by atoms with Crippen LogP contribution in [0.1, 0.15) is 45.0 Å². The monoisotopic (exact) mass is 252 g/mol. The highest BCUT2D eigenvalue weighted by molar-refractivity contribution is 5.76. The van der Waals surface area contributed by atoms with Crippen molar-refractivity contribution in [3.05, 3.63) is 12.2 Å². The molecule has 0 saturated heterocycles. The minimum absolute atomic E-state index is 0.0684. The van der Waals surface area contributed by atoms with E-state index in [0.717, 1.165) is 19.4 Å². The summed E-state index contributed by atoms with van der Waals surface area (Å²) in [5.41, 5.74) is 0. The Labute approximate surface area is 107 Å². The lowest BCUT2D eigenvalue weighted by Crippen LogP contribution is -2.36. The maximum atomic E-state index is 11.8. The average Bonchev–Trinajstić information content (AvgIpc) is 2.79. The Bertz CT molecular complexity index is 373. The third kappa shape index (κ3) is 3.29. The van der Waals surface area contributed by atoms with Gasteiger partial charge in [-0.05, 0) is 32.6 Å². The van der Waals surface area contributed by atoms with Gasteiger partial charge >= 0.3 is 0 Å². The first-order valence-electron chi connectivity index (χ1n) is 6.45. The third-order valence-electron chi connectivity index (χ3n) is 3.29. The molecule has 1 saturated carbocycles. The summed E-state index contributed by atoms with van der Waals surface area (Å²) in [6, 6.07) is -0.122. The van der Waals surface area contributed by atoms with Gasteiger partial charge in [0.05, 0.1) is 12.1 Å². The first kappa shape index (κ1) is 13.0. The number of aromatic nitrogens is 3. The molecular weight excluding hydrogens is 232 g/mol. The summed E-state index contributed by atoms with van der Waals surface area (Å²) in [6.07, 6.45) is 4.37. The number of amides is 1. The SMILES string of the molecule is CCOC1CC(CC(=O)NC(C)c2ncn[nH]2)C1. The van der Waals surface area contributed by atoms with E-state index in [-0.39, 0.29) is 11.9 Å². The molecule has 1 fully saturated rings. The van der Waals surface area contributed by atoms with Crippen molar-refractivity contribution in [2.24, 2.45) is 5.92 Å². The van der Waals surface area contributed by atoms with Crippen molar-refractivity contribution >= 4 is 5.91 Å². The highest BCUT2D eigenvalue weighted by atomic mass is 16.5. The van der Waals surface area contributed by atoms with Gasteiger partial charge in [-0.2, -0.15) is 5.10 Å². The van der Waals surface area contributed by atoms with Crippen molar-refractivity contribution in [3.8, 4) is 0 Å². The van der Waals surface area contributed by atoms with Gasteiger partial charge in [-0.15, -0.1) is 0 Å². The largest absolute Gasteiger partial charge is 0.378 e. The molecule has 1 atom stereocenters. The van der Waals surface area contributed by atoms with Gasteiger partial charge in [-0.1, -0.05) is 0 Å². The fourth-order valence-electron chi connectivity index (χ4n) is 2.27. The summed E-state index contributed by atoms with van der Waals surface area (Å²) >= 11 is 0. The van der Waals surface area contributed by atoms with Gasteiger partial charge in [0, 0.05) is 13.0 Å². The van der Waals surface area contributed by atoms with Crippen LogP contribution in [-0.4, -0.2) is 33.8 Å². The Morgan fingerprint density at radius 3 is 3.06 bits per heavy atom. The lowest BCUT2D eigenvalue weighted by atomic mass is 9.80. The van der Waals surface area contributed by atoms with Crippen molar-refractivity contribution in [1.82, 2.24) is 20.5 Å². The van der Waals surface area contributed by atoms with Crippen LogP contribution in [0.2, 0.25) is 0 Å². The van der Waals surface area contributed by atoms with Gasteiger partial charge in [0.1, 0.15) is 12.2 Å². The summed E-state index contributed by atoms with van der Waals surface area (Å²) in [5.74, 6) is 1.21. The molecule has 6 heteroatoms. The van der Waals surface area contributed by atoms with E-state index in [1.807, 2.05) is 13.8 Å². The van der Waals surface area contributed by atoms with Crippen LogP contribution in [0, 0.1) is 5.92 Å². The van der Waals surface area contributed by atoms with Gasteiger partial charge in [0.15, 0.2) is 0 Å². The first-order valence-corrected chi connectivity index (χ1v) is 6.45. The Hall–Kier alpha value is -1.43. The van der Waals surface area contributed by atoms with Crippen LogP contribution in [0.25, 0.3) is 0 Å². The van der Waals surface area contributed by atoms with Crippen LogP contribution in [0.3, 0.4) is 0 Å². The normalized spacial score (nSPS) is 24.3. The first-order chi connectivity index (χ1) is 8.69. The molecule has 1 heterocycles. The molecule has 1 aromatic rings. The molecule has 6 nitrogen and oxygen atoms in total. The van der Waals surface area contributed by atoms with Crippen LogP contribution in [0.15, 0.2) is 6.33 Å². The molecule has 2 N–H and O–H groups in total. The predicted molar refractivity (Wildman–Crippen MR) is 65.7 cm³/mol. The van der Waals surface area contributed by atoms with Crippen LogP contribution >= 0.6 is 0 Å². The standard InChI is InChI=1S/C12H20N4O2/c1-3-18-10-4-9(5-10)6-11(17)15-8(2)12-13-7-14-16-12/h7-10H,3-6H2,1-2H3,(H,15,17)(H,13,14,16). The second-order valence-electron chi connectivity index (χ2n) is 4.78. The summed E-state index contributed by atoms with van der Waals surface area (Å²) < 4.78 is 5.47. The molecule has 1 aliphatic rings. The second kappa shape index (κ2) is 5.95. The van der Waals surface area contributed by atoms with Crippen LogP contribution in [0.4, 0.5) is 0 Å². The molecule has 0 radical (unpaired) electrons. The van der Waals surface area contributed by atoms with Gasteiger partial charge in [0.25, 0.3) is 0 Å². The highest BCUT2D eigenvalue weighted by Crippen LogP contribution is 2.32. The number of rotatable bonds is 6. The van der Waals surface area contributed by atoms with Crippen molar-refractivity contribution in [1.29, 1.82) is 0 Å². The summed E-state index contributed by atoms with van der Waals surface area (Å²) in [7, 11) is 0. The zero-order valence-corrected chi connectivity index (χ0v) is 10.8. The second-order valence-corrected chi connectivity index (χ2v) is 4.78. The van der Waals surface area contributed by atoms with Crippen molar-refractivity contribution < 1.29 is 9.53 Å². The molecule has 1 amide bonds. The van der Waals surface area contributed by atoms with Crippen molar-refractivity contribution in [2.75, 3.05) is 6.61 Å². The maximum Gasteiger partial charge on any atom is 0.220 e. The molecule has 1 unspecified atom stereocenters. The predicted octanol–water partition coefficient (Wildman–Crippen LogP) is 1.19. The lowest BCUT2D eigenvalue weighted by molar-refractivity contribution is -0.125. The molecule has 0 bridgehead atoms. The number of carbonyl (C=O) groups is 1. The summed E-state index contributed by atoms with van der Waals surface area (Å²) in [5, 5.41) is 9.43. The Morgan fingerprint density at radius 2 is 2.44 bits per heavy atom. The number of nitrogens with zero attached hydrogens (tertiary/aromatic N) is 2. The molecule has 0 aromatic carbocycles. The Morgan fingerprint density at radius 1 is 1.67 bits per heavy atom. The lowest BCUT2D eigenvalue weighted by Gasteiger charge is -2.34. The zero-order chi connectivity index (χ0) is 13.0. The van der Waals surface area contributed by atoms with E-state index in [0.29, 0.717) is 24.3 Å². The molecule has 0 aliphatic heterocycles. The fourth-order valence-corrected chi connectivity index (χ4v) is 2.27. The van der Waals surface area contributed by atoms with E-state index in [2.05, 4.69) is 20.5 Å². The van der Waals surface area contributed by atoms with E-state index < -0.39 is 0 Å². The minimum Gasteiger partial charge on any atom is -0.378 e. The van der Waals surface area contributed by atoms with Crippen LogP contribution in [0.5, 0.6) is 0 Å². The van der Waals surface area contributed by atoms with E-state index >= 15 is 0 Å². The minimum atomic E-state index is -0.122. The number of H-pyrrole nitrogens is 1. The van der Waals surface area contributed by atoms with E-state index in [1.165, 1.54) is 6.33 Å². The van der Waals surface area contributed by atoms with E-state index in [4.69, 9.17) is 4.74 Å². The fraction of sp³-hybridized carbons (Fsp3) is 0.750. The topological polar surface area (TPSA) is 79.9 Å². The zero-order valence-electron chi connectivity index (χ0n) is 10.8. The van der Waals surface area contributed by atoms with Gasteiger partial charge in [-0.3, -0.25) is 9.89 Å². The van der Waals surface area contributed by atoms with Crippen LogP contribution < -0.4 is 5.32 Å². The smallest absolute Gasteiger partial charge is 0.220 e. The molecule has 1 aromatic heterocycles. The van der Waals surface area contributed by atoms with Gasteiger partial charge in [-0.25, -0.2) is 4.98 Å². The Kier molecular flexibility index (Phi) is 4.30. The summed E-state index contributed by atoms with van der Waals surface area (Å²) in [6.45, 7) is 4.65. The maximum absolute atomic E-state index is 11.8. The Balaban J connectivity index is 1.67. The average molecular weight is 252 g/mol. The molecule has 100 valence electrons. The van der Waals surface area contributed by atoms with E-state index in [1.54, 1.807) is 0 Å². The third-order valence-corrected chi connectivity index (χ3v) is 3.29. The van der Waals surface area contributed by atoms with Crippen molar-refractivity contribution in [3.63, 3.8) is 0 Å². The molecule has 18 heavy (non-hydrogen) atoms. The van der Waals surface area contributed by atoms with Crippen molar-refractivity contribution in [2.45, 2.75) is 45.3 Å². The summed E-state index contributed by atoms with van der Waals surface area (Å²) in [4.78, 5) is 15.8. The number of aromatic amines is 1. The molecule has 1 aliphatic carbocycles. The quantitative estimate of drug-likeness (QED) is 0.797. The van der Waals surface area contributed by atoms with Crippen LogP contribution in [-0.2, 0) is 9.53 Å². The number of hydrogen-bond acceptors (Lipinski definition) is 4. The van der Waals surface area contributed by atoms with Gasteiger partial charge in [0.2, 0.25) is 5.91 Å². The number of nitrogens with one attached hydrogen (secondary N) is 2. The molecular formula is C12H20N4O2. The van der Waals surface area contributed by atoms with E-state index in [9.17, 15) is 4.79 Å². The highest BCUT2D eigenvalue weighted by Gasteiger charge is 2.31. The molecule has 0 spiro atoms. The number of carbonyl (C=O) groups excluding carboxylic acids is 1. The molecule has 2 rings (SSSR count). The number of ether oxygens (including phenoxy) is 1. The van der Waals surface area contributed by atoms with Gasteiger partial charge < -0.3 is 10.1 Å².